The minimum Gasteiger partial charge on any atom is -0.451 e. The second-order valence-corrected chi connectivity index (χ2v) is 8.28. The van der Waals surface area contributed by atoms with E-state index in [-0.39, 0.29) is 41.4 Å². The van der Waals surface area contributed by atoms with Crippen molar-refractivity contribution in [1.29, 1.82) is 0 Å². The minimum atomic E-state index is -4.73. The molecule has 0 unspecified atom stereocenters. The third kappa shape index (κ3) is 6.38. The fourth-order valence-corrected chi connectivity index (χ4v) is 3.72. The molecule has 1 fully saturated rings. The van der Waals surface area contributed by atoms with E-state index in [2.05, 4.69) is 15.3 Å². The van der Waals surface area contributed by atoms with Crippen molar-refractivity contribution in [2.45, 2.75) is 51.3 Å². The third-order valence-electron chi connectivity index (χ3n) is 5.46. The van der Waals surface area contributed by atoms with E-state index in [1.165, 1.54) is 25.1 Å². The zero-order valence-corrected chi connectivity index (χ0v) is 19.3. The molecule has 3 rings (SSSR count). The first-order valence-corrected chi connectivity index (χ1v) is 10.8. The third-order valence-corrected chi connectivity index (χ3v) is 5.46. The lowest BCUT2D eigenvalue weighted by molar-refractivity contribution is -0.190. The average Bonchev–Trinajstić information content (AvgIpc) is 3.21. The summed E-state index contributed by atoms with van der Waals surface area (Å²) in [5, 5.41) is 3.52. The van der Waals surface area contributed by atoms with Crippen LogP contribution in [0, 0.1) is 0 Å². The van der Waals surface area contributed by atoms with Crippen LogP contribution in [0.25, 0.3) is 0 Å². The summed E-state index contributed by atoms with van der Waals surface area (Å²) in [6.45, 7) is 2.15. The van der Waals surface area contributed by atoms with Gasteiger partial charge in [-0.25, -0.2) is 5.84 Å². The highest BCUT2D eigenvalue weighted by atomic mass is 19.4. The molecule has 0 radical (unpaired) electrons. The van der Waals surface area contributed by atoms with Crippen molar-refractivity contribution in [3.63, 3.8) is 0 Å². The number of halogens is 6. The van der Waals surface area contributed by atoms with Crippen LogP contribution in [-0.2, 0) is 17.5 Å². The molecule has 9 nitrogen and oxygen atoms in total. The van der Waals surface area contributed by atoms with Crippen LogP contribution in [0.2, 0.25) is 0 Å². The Hall–Kier alpha value is -3.49. The smallest absolute Gasteiger partial charge is 0.425 e. The SMILES string of the molecule is CC(=O)N[C@H]1CCN(c2nc(O[C@@H](C)C(F)(F)F)nc(N(N)Cc3ccccc3C(F)(F)F)c2N)C1. The maximum absolute atomic E-state index is 13.4. The zero-order valence-electron chi connectivity index (χ0n) is 19.3. The van der Waals surface area contributed by atoms with Crippen LogP contribution >= 0.6 is 0 Å². The standard InChI is InChI=1S/C21H25F6N7O2/c1-11(20(22,23)24)36-19-31-17(33-8-7-14(10-33)30-12(2)35)16(28)18(32-19)34(29)9-13-5-3-4-6-15(13)21(25,26)27/h3-6,11,14H,7-10,28-29H2,1-2H3,(H,30,35)/t11-,14-/m0/s1. The molecule has 2 heterocycles. The highest BCUT2D eigenvalue weighted by Gasteiger charge is 2.39. The number of rotatable bonds is 7. The summed E-state index contributed by atoms with van der Waals surface area (Å²) in [5.41, 5.74) is 4.89. The molecule has 5 N–H and O–H groups in total. The summed E-state index contributed by atoms with van der Waals surface area (Å²) in [6.07, 6.45) is -11.2. The van der Waals surface area contributed by atoms with Crippen molar-refractivity contribution in [1.82, 2.24) is 15.3 Å². The number of carbonyl (C=O) groups excluding carboxylic acids is 1. The number of hydrogen-bond acceptors (Lipinski definition) is 8. The lowest BCUT2D eigenvalue weighted by Crippen LogP contribution is -2.37. The Bertz CT molecular complexity index is 1100. The van der Waals surface area contributed by atoms with Crippen LogP contribution in [0.1, 0.15) is 31.4 Å². The molecular weight excluding hydrogens is 496 g/mol. The number of benzene rings is 1. The Morgan fingerprint density at radius 2 is 1.92 bits per heavy atom. The molecule has 0 spiro atoms. The maximum atomic E-state index is 13.4. The Labute approximate surface area is 202 Å². The van der Waals surface area contributed by atoms with Crippen LogP contribution in [-0.4, -0.2) is 47.3 Å². The Morgan fingerprint density at radius 1 is 1.25 bits per heavy atom. The molecular formula is C21H25F6N7O2. The highest BCUT2D eigenvalue weighted by molar-refractivity contribution is 5.77. The number of hydrazine groups is 1. The number of alkyl halides is 6. The van der Waals surface area contributed by atoms with Crippen molar-refractivity contribution in [3.8, 4) is 6.01 Å². The van der Waals surface area contributed by atoms with Gasteiger partial charge in [0.05, 0.1) is 12.1 Å². The molecule has 0 aliphatic carbocycles. The molecule has 2 atom stereocenters. The van der Waals surface area contributed by atoms with E-state index in [4.69, 9.17) is 16.3 Å². The zero-order chi connectivity index (χ0) is 26.8. The number of nitrogens with one attached hydrogen (secondary N) is 1. The lowest BCUT2D eigenvalue weighted by Gasteiger charge is -2.26. The summed E-state index contributed by atoms with van der Waals surface area (Å²) in [5.74, 6) is 5.43. The van der Waals surface area contributed by atoms with Gasteiger partial charge in [0.15, 0.2) is 17.7 Å². The first kappa shape index (κ1) is 27.1. The van der Waals surface area contributed by atoms with Gasteiger partial charge in [0.2, 0.25) is 5.91 Å². The number of nitrogens with two attached hydrogens (primary N) is 2. The summed E-state index contributed by atoms with van der Waals surface area (Å²) in [7, 11) is 0. The molecule has 1 aliphatic rings. The van der Waals surface area contributed by atoms with E-state index in [9.17, 15) is 31.1 Å². The number of aromatic nitrogens is 2. The Morgan fingerprint density at radius 3 is 2.53 bits per heavy atom. The average molecular weight is 521 g/mol. The van der Waals surface area contributed by atoms with Gasteiger partial charge in [-0.1, -0.05) is 18.2 Å². The number of hydrogen-bond donors (Lipinski definition) is 3. The predicted molar refractivity (Wildman–Crippen MR) is 119 cm³/mol. The molecule has 36 heavy (non-hydrogen) atoms. The van der Waals surface area contributed by atoms with E-state index in [1.807, 2.05) is 0 Å². The van der Waals surface area contributed by atoms with E-state index in [1.54, 1.807) is 4.90 Å². The van der Waals surface area contributed by atoms with Crippen LogP contribution in [0.3, 0.4) is 0 Å². The van der Waals surface area contributed by atoms with Crippen molar-refractivity contribution in [3.05, 3.63) is 35.4 Å². The van der Waals surface area contributed by atoms with Gasteiger partial charge in [0.25, 0.3) is 0 Å². The van der Waals surface area contributed by atoms with Gasteiger partial charge in [0, 0.05) is 26.1 Å². The molecule has 15 heteroatoms. The van der Waals surface area contributed by atoms with E-state index in [0.717, 1.165) is 18.0 Å². The maximum Gasteiger partial charge on any atom is 0.425 e. The monoisotopic (exact) mass is 521 g/mol. The van der Waals surface area contributed by atoms with Gasteiger partial charge in [0.1, 0.15) is 5.69 Å². The second-order valence-electron chi connectivity index (χ2n) is 8.28. The predicted octanol–water partition coefficient (Wildman–Crippen LogP) is 3.00. The number of anilines is 3. The first-order valence-electron chi connectivity index (χ1n) is 10.8. The largest absolute Gasteiger partial charge is 0.451 e. The number of nitrogen functional groups attached to an aromatic ring is 1. The highest BCUT2D eigenvalue weighted by Crippen LogP contribution is 2.36. The molecule has 1 amide bonds. The summed E-state index contributed by atoms with van der Waals surface area (Å²) < 4.78 is 84.4. The molecule has 0 saturated carbocycles. The van der Waals surface area contributed by atoms with Crippen molar-refractivity contribution < 1.29 is 35.9 Å². The number of nitrogens with zero attached hydrogens (tertiary/aromatic N) is 4. The normalized spacial score (nSPS) is 17.1. The summed E-state index contributed by atoms with van der Waals surface area (Å²) >= 11 is 0. The van der Waals surface area contributed by atoms with Crippen LogP contribution in [0.5, 0.6) is 6.01 Å². The van der Waals surface area contributed by atoms with Crippen molar-refractivity contribution >= 4 is 23.2 Å². The van der Waals surface area contributed by atoms with Crippen molar-refractivity contribution in [2.24, 2.45) is 5.84 Å². The fraction of sp³-hybridized carbons (Fsp3) is 0.476. The molecule has 198 valence electrons. The van der Waals surface area contributed by atoms with Gasteiger partial charge in [-0.05, 0) is 25.0 Å². The number of ether oxygens (including phenoxy) is 1. The molecule has 1 aliphatic heterocycles. The lowest BCUT2D eigenvalue weighted by atomic mass is 10.1. The van der Waals surface area contributed by atoms with Gasteiger partial charge in [-0.15, -0.1) is 0 Å². The summed E-state index contributed by atoms with van der Waals surface area (Å²) in [4.78, 5) is 20.9. The van der Waals surface area contributed by atoms with Crippen LogP contribution < -0.4 is 31.5 Å². The molecule has 1 aromatic carbocycles. The number of amides is 1. The van der Waals surface area contributed by atoms with Crippen molar-refractivity contribution in [2.75, 3.05) is 28.7 Å². The fourth-order valence-electron chi connectivity index (χ4n) is 3.72. The van der Waals surface area contributed by atoms with E-state index >= 15 is 0 Å². The van der Waals surface area contributed by atoms with Gasteiger partial charge in [-0.3, -0.25) is 9.80 Å². The molecule has 2 aromatic rings. The summed E-state index contributed by atoms with van der Waals surface area (Å²) in [6, 6.07) is 3.72. The first-order chi connectivity index (χ1) is 16.7. The van der Waals surface area contributed by atoms with Gasteiger partial charge in [-0.2, -0.15) is 36.3 Å². The molecule has 1 aromatic heterocycles. The molecule has 1 saturated heterocycles. The van der Waals surface area contributed by atoms with Gasteiger partial charge >= 0.3 is 18.4 Å². The minimum absolute atomic E-state index is 0.0169. The number of carbonyl (C=O) groups is 1. The van der Waals surface area contributed by atoms with Crippen LogP contribution in [0.4, 0.5) is 43.7 Å². The quantitative estimate of drug-likeness (QED) is 0.289. The molecule has 0 bridgehead atoms. The van der Waals surface area contributed by atoms with E-state index < -0.39 is 36.6 Å². The van der Waals surface area contributed by atoms with Gasteiger partial charge < -0.3 is 20.7 Å². The topological polar surface area (TPSA) is 123 Å². The second kappa shape index (κ2) is 10.2. The Kier molecular flexibility index (Phi) is 7.71. The Balaban J connectivity index is 1.99. The van der Waals surface area contributed by atoms with E-state index in [0.29, 0.717) is 13.0 Å². The van der Waals surface area contributed by atoms with Crippen LogP contribution in [0.15, 0.2) is 24.3 Å².